The number of alkyl halides is 3. The van der Waals surface area contributed by atoms with Gasteiger partial charge < -0.3 is 15.0 Å². The zero-order valence-corrected chi connectivity index (χ0v) is 17.8. The van der Waals surface area contributed by atoms with Gasteiger partial charge in [0.15, 0.2) is 6.61 Å². The molecule has 4 rings (SSSR count). The number of halogens is 3. The van der Waals surface area contributed by atoms with Crippen LogP contribution in [0.2, 0.25) is 0 Å². The fourth-order valence-electron chi connectivity index (χ4n) is 7.31. The lowest BCUT2D eigenvalue weighted by molar-refractivity contribution is -0.160. The van der Waals surface area contributed by atoms with Crippen LogP contribution < -0.4 is 5.32 Å². The lowest BCUT2D eigenvalue weighted by Gasteiger charge is -2.60. The minimum Gasteiger partial charge on any atom is -0.440 e. The van der Waals surface area contributed by atoms with Gasteiger partial charge in [0.05, 0.1) is 0 Å². The molecule has 1 heterocycles. The maximum absolute atomic E-state index is 12.3. The molecular formula is C22H31F3N2O3. The van der Waals surface area contributed by atoms with E-state index >= 15 is 0 Å². The Morgan fingerprint density at radius 3 is 2.63 bits per heavy atom. The molecule has 0 bridgehead atoms. The number of hydrogen-bond donors (Lipinski definition) is 1. The van der Waals surface area contributed by atoms with Gasteiger partial charge in [-0.3, -0.25) is 4.79 Å². The second kappa shape index (κ2) is 7.16. The third-order valence-corrected chi connectivity index (χ3v) is 8.79. The highest BCUT2D eigenvalue weighted by Crippen LogP contribution is 2.63. The molecule has 0 aromatic heterocycles. The van der Waals surface area contributed by atoms with Crippen LogP contribution in [0, 0.1) is 28.6 Å². The Bertz CT molecular complexity index is 754. The lowest BCUT2D eigenvalue weighted by atomic mass is 9.48. The fraction of sp³-hybridized carbons (Fsp3) is 0.818. The minimum atomic E-state index is -4.52. The van der Waals surface area contributed by atoms with Crippen molar-refractivity contribution in [1.29, 1.82) is 0 Å². The first-order valence-electron chi connectivity index (χ1n) is 10.9. The number of carbonyl (C=O) groups is 2. The van der Waals surface area contributed by atoms with Crippen molar-refractivity contribution >= 4 is 12.0 Å². The van der Waals surface area contributed by atoms with Gasteiger partial charge in [-0.05, 0) is 67.8 Å². The predicted octanol–water partition coefficient (Wildman–Crippen LogP) is 4.28. The van der Waals surface area contributed by atoms with Crippen molar-refractivity contribution < 1.29 is 27.5 Å². The number of hydrogen-bond acceptors (Lipinski definition) is 3. The van der Waals surface area contributed by atoms with Crippen molar-refractivity contribution in [2.75, 3.05) is 13.7 Å². The number of carbonyl (C=O) groups excluding carboxylic acids is 2. The van der Waals surface area contributed by atoms with Gasteiger partial charge in [-0.15, -0.1) is 0 Å². The summed E-state index contributed by atoms with van der Waals surface area (Å²) in [7, 11) is 1.89. The fourth-order valence-corrected chi connectivity index (χ4v) is 7.31. The number of amides is 2. The van der Waals surface area contributed by atoms with Crippen molar-refractivity contribution in [2.45, 2.75) is 70.6 Å². The molecule has 8 heteroatoms. The third kappa shape index (κ3) is 3.40. The van der Waals surface area contributed by atoms with Crippen molar-refractivity contribution in [1.82, 2.24) is 10.2 Å². The summed E-state index contributed by atoms with van der Waals surface area (Å²) in [6.07, 6.45) is 3.97. The molecular weight excluding hydrogens is 397 g/mol. The largest absolute Gasteiger partial charge is 0.440 e. The number of likely N-dealkylation sites (N-methyl/N-ethyl adjacent to an activating group) is 1. The molecule has 2 amide bonds. The topological polar surface area (TPSA) is 58.6 Å². The molecule has 3 saturated carbocycles. The Morgan fingerprint density at radius 1 is 1.20 bits per heavy atom. The maximum atomic E-state index is 12.3. The van der Waals surface area contributed by atoms with Gasteiger partial charge in [-0.2, -0.15) is 13.2 Å². The summed E-state index contributed by atoms with van der Waals surface area (Å²) < 4.78 is 41.4. The minimum absolute atomic E-state index is 0.0515. The molecule has 1 N–H and O–H groups in total. The normalized spacial score (nSPS) is 42.9. The van der Waals surface area contributed by atoms with Crippen LogP contribution in [0.15, 0.2) is 12.2 Å². The zero-order valence-electron chi connectivity index (χ0n) is 17.8. The van der Waals surface area contributed by atoms with E-state index in [-0.39, 0.29) is 28.8 Å². The van der Waals surface area contributed by atoms with E-state index in [1.807, 2.05) is 11.9 Å². The second-order valence-electron chi connectivity index (χ2n) is 10.1. The van der Waals surface area contributed by atoms with Gasteiger partial charge in [0.1, 0.15) is 0 Å². The number of fused-ring (bicyclic) bond motifs is 5. The predicted molar refractivity (Wildman–Crippen MR) is 104 cm³/mol. The molecule has 4 aliphatic rings. The summed E-state index contributed by atoms with van der Waals surface area (Å²) >= 11 is 0. The molecule has 0 spiro atoms. The van der Waals surface area contributed by atoms with Crippen molar-refractivity contribution in [3.05, 3.63) is 12.2 Å². The first-order valence-corrected chi connectivity index (χ1v) is 10.9. The van der Waals surface area contributed by atoms with E-state index in [0.29, 0.717) is 17.8 Å². The molecule has 5 nitrogen and oxygen atoms in total. The lowest BCUT2D eigenvalue weighted by Crippen LogP contribution is -2.60. The molecule has 7 atom stereocenters. The van der Waals surface area contributed by atoms with Crippen LogP contribution in [0.3, 0.4) is 0 Å². The number of rotatable bonds is 2. The Balaban J connectivity index is 1.48. The molecule has 0 radical (unpaired) electrons. The average molecular weight is 428 g/mol. The first kappa shape index (κ1) is 21.5. The highest BCUT2D eigenvalue weighted by Gasteiger charge is 2.60. The Labute approximate surface area is 175 Å². The molecule has 0 unspecified atom stereocenters. The number of nitrogens with zero attached hydrogens (tertiary/aromatic N) is 1. The molecule has 168 valence electrons. The van der Waals surface area contributed by atoms with E-state index in [4.69, 9.17) is 0 Å². The van der Waals surface area contributed by atoms with Crippen LogP contribution in [-0.4, -0.2) is 48.8 Å². The van der Waals surface area contributed by atoms with Crippen LogP contribution >= 0.6 is 0 Å². The van der Waals surface area contributed by atoms with Crippen LogP contribution in [0.1, 0.15) is 52.4 Å². The summed E-state index contributed by atoms with van der Waals surface area (Å²) in [5.74, 6) is 1.45. The number of alkyl carbamates (subject to hydrolysis) is 1. The molecule has 0 aromatic rings. The van der Waals surface area contributed by atoms with E-state index in [0.717, 1.165) is 38.5 Å². The van der Waals surface area contributed by atoms with Gasteiger partial charge in [-0.25, -0.2) is 4.79 Å². The van der Waals surface area contributed by atoms with E-state index in [1.165, 1.54) is 0 Å². The Hall–Kier alpha value is -1.73. The highest BCUT2D eigenvalue weighted by molar-refractivity contribution is 5.89. The summed E-state index contributed by atoms with van der Waals surface area (Å²) in [5, 5.41) is 2.74. The molecule has 0 saturated heterocycles. The number of nitrogens with one attached hydrogen (secondary N) is 1. The van der Waals surface area contributed by atoms with E-state index in [1.54, 1.807) is 6.08 Å². The average Bonchev–Trinajstić information content (AvgIpc) is 2.99. The second-order valence-corrected chi connectivity index (χ2v) is 10.1. The van der Waals surface area contributed by atoms with E-state index in [9.17, 15) is 22.8 Å². The maximum Gasteiger partial charge on any atom is 0.422 e. The number of ether oxygens (including phenoxy) is 1. The first-order chi connectivity index (χ1) is 14.0. The van der Waals surface area contributed by atoms with Gasteiger partial charge in [0.25, 0.3) is 0 Å². The smallest absolute Gasteiger partial charge is 0.422 e. The quantitative estimate of drug-likeness (QED) is 0.714. The molecule has 30 heavy (non-hydrogen) atoms. The molecule has 3 aliphatic carbocycles. The summed E-state index contributed by atoms with van der Waals surface area (Å²) in [5.41, 5.74) is -0.189. The van der Waals surface area contributed by atoms with Crippen LogP contribution in [-0.2, 0) is 9.53 Å². The van der Waals surface area contributed by atoms with Gasteiger partial charge in [0, 0.05) is 24.5 Å². The summed E-state index contributed by atoms with van der Waals surface area (Å²) in [6.45, 7) is 2.89. The van der Waals surface area contributed by atoms with Crippen molar-refractivity contribution in [2.24, 2.45) is 28.6 Å². The molecule has 3 fully saturated rings. The molecule has 0 aromatic carbocycles. The van der Waals surface area contributed by atoms with Crippen LogP contribution in [0.4, 0.5) is 18.0 Å². The van der Waals surface area contributed by atoms with Crippen molar-refractivity contribution in [3.8, 4) is 0 Å². The van der Waals surface area contributed by atoms with E-state index < -0.39 is 18.9 Å². The van der Waals surface area contributed by atoms with E-state index in [2.05, 4.69) is 30.0 Å². The summed E-state index contributed by atoms with van der Waals surface area (Å²) in [6, 6.07) is 0.0501. The monoisotopic (exact) mass is 428 g/mol. The Kier molecular flexibility index (Phi) is 5.13. The standard InChI is InChI=1S/C22H31F3N2O3/c1-20-10-8-15-13(4-7-17-21(15,2)11-9-18(28)27(17)3)14(20)5-6-16(20)26-19(29)30-12-22(23,24)25/h9,11,13-17H,4-8,10,12H2,1-3H3,(H,26,29)/t13-,14-,15-,16-,17+,20-,21+/m0/s1. The SMILES string of the molecule is CN1C(=O)C=C[C@]2(C)[C@H]3CC[C@]4(C)[C@@H](NC(=O)OCC(F)(F)F)CC[C@H]4[C@@H]3CC[C@@H]12. The van der Waals surface area contributed by atoms with Gasteiger partial charge >= 0.3 is 12.3 Å². The third-order valence-electron chi connectivity index (χ3n) is 8.79. The Morgan fingerprint density at radius 2 is 1.93 bits per heavy atom. The van der Waals surface area contributed by atoms with Gasteiger partial charge in [0.2, 0.25) is 5.91 Å². The summed E-state index contributed by atoms with van der Waals surface area (Å²) in [4.78, 5) is 26.0. The van der Waals surface area contributed by atoms with Crippen LogP contribution in [0.25, 0.3) is 0 Å². The van der Waals surface area contributed by atoms with Gasteiger partial charge in [-0.1, -0.05) is 19.9 Å². The van der Waals surface area contributed by atoms with Crippen LogP contribution in [0.5, 0.6) is 0 Å². The van der Waals surface area contributed by atoms with Crippen molar-refractivity contribution in [3.63, 3.8) is 0 Å². The highest BCUT2D eigenvalue weighted by atomic mass is 19.4. The zero-order chi connectivity index (χ0) is 21.9. The molecule has 1 aliphatic heterocycles.